The van der Waals surface area contributed by atoms with Crippen LogP contribution in [-0.2, 0) is 4.79 Å². The first-order valence-electron chi connectivity index (χ1n) is 7.44. The van der Waals surface area contributed by atoms with Gasteiger partial charge in [-0.3, -0.25) is 9.89 Å². The van der Waals surface area contributed by atoms with Crippen molar-refractivity contribution < 1.29 is 13.6 Å². The SMILES string of the molecule is Cc1[nH]nc2c1[C@@H](c1ccc(-c3ccccc3F)o1)SCC(=O)N2. The highest BCUT2D eigenvalue weighted by Gasteiger charge is 2.30. The van der Waals surface area contributed by atoms with Crippen LogP contribution in [-0.4, -0.2) is 21.9 Å². The molecule has 3 aromatic rings. The molecule has 1 aromatic carbocycles. The third-order valence-corrected chi connectivity index (χ3v) is 5.15. The quantitative estimate of drug-likeness (QED) is 0.740. The van der Waals surface area contributed by atoms with Gasteiger partial charge in [-0.15, -0.1) is 11.8 Å². The third kappa shape index (κ3) is 2.50. The van der Waals surface area contributed by atoms with Crippen molar-refractivity contribution in [1.82, 2.24) is 10.2 Å². The number of nitrogens with zero attached hydrogens (tertiary/aromatic N) is 1. The number of anilines is 1. The highest BCUT2D eigenvalue weighted by atomic mass is 32.2. The minimum Gasteiger partial charge on any atom is -0.459 e. The Morgan fingerprint density at radius 2 is 2.12 bits per heavy atom. The molecule has 2 N–H and O–H groups in total. The van der Waals surface area contributed by atoms with Crippen LogP contribution < -0.4 is 5.32 Å². The Morgan fingerprint density at radius 1 is 1.29 bits per heavy atom. The molecule has 0 unspecified atom stereocenters. The average molecular weight is 343 g/mol. The smallest absolute Gasteiger partial charge is 0.235 e. The standard InChI is InChI=1S/C17H14FN3O2S/c1-9-15-16(24-8-14(22)19-17(15)21-20-9)13-7-6-12(23-13)10-4-2-3-5-11(10)18/h2-7,16H,8H2,1H3,(H2,19,20,21,22)/t16-/m1/s1. The summed E-state index contributed by atoms with van der Waals surface area (Å²) in [4.78, 5) is 11.8. The zero-order chi connectivity index (χ0) is 16.7. The summed E-state index contributed by atoms with van der Waals surface area (Å²) in [5.74, 6) is 1.53. The number of H-pyrrole nitrogens is 1. The van der Waals surface area contributed by atoms with Gasteiger partial charge in [-0.25, -0.2) is 4.39 Å². The highest BCUT2D eigenvalue weighted by Crippen LogP contribution is 2.43. The fourth-order valence-corrected chi connectivity index (χ4v) is 3.92. The summed E-state index contributed by atoms with van der Waals surface area (Å²) < 4.78 is 19.9. The van der Waals surface area contributed by atoms with Gasteiger partial charge in [-0.1, -0.05) is 12.1 Å². The molecule has 3 heterocycles. The van der Waals surface area contributed by atoms with Gasteiger partial charge in [-0.2, -0.15) is 5.10 Å². The summed E-state index contributed by atoms with van der Waals surface area (Å²) in [5, 5.41) is 9.65. The van der Waals surface area contributed by atoms with E-state index in [0.717, 1.165) is 11.3 Å². The maximum Gasteiger partial charge on any atom is 0.235 e. The molecule has 1 amide bonds. The van der Waals surface area contributed by atoms with E-state index >= 15 is 0 Å². The number of nitrogens with one attached hydrogen (secondary N) is 2. The second-order valence-corrected chi connectivity index (χ2v) is 6.63. The van der Waals surface area contributed by atoms with E-state index < -0.39 is 0 Å². The fourth-order valence-electron chi connectivity index (χ4n) is 2.79. The number of rotatable bonds is 2. The maximum atomic E-state index is 14.0. The van der Waals surface area contributed by atoms with Gasteiger partial charge in [-0.05, 0) is 31.2 Å². The van der Waals surface area contributed by atoms with Crippen molar-refractivity contribution in [2.75, 3.05) is 11.1 Å². The second-order valence-electron chi connectivity index (χ2n) is 5.53. The van der Waals surface area contributed by atoms with Gasteiger partial charge in [0.15, 0.2) is 5.82 Å². The minimum absolute atomic E-state index is 0.101. The number of halogens is 1. The molecular weight excluding hydrogens is 329 g/mol. The summed E-state index contributed by atoms with van der Waals surface area (Å²) in [6, 6.07) is 10.1. The molecule has 1 atom stereocenters. The zero-order valence-electron chi connectivity index (χ0n) is 12.8. The van der Waals surface area contributed by atoms with Crippen LogP contribution in [0.4, 0.5) is 10.2 Å². The van der Waals surface area contributed by atoms with Gasteiger partial charge >= 0.3 is 0 Å². The van der Waals surface area contributed by atoms with Crippen molar-refractivity contribution in [1.29, 1.82) is 0 Å². The number of carbonyl (C=O) groups excluding carboxylic acids is 1. The molecule has 0 saturated heterocycles. The molecular formula is C17H14FN3O2S. The van der Waals surface area contributed by atoms with Gasteiger partial charge in [0, 0.05) is 11.3 Å². The normalized spacial score (nSPS) is 17.2. The predicted octanol–water partition coefficient (Wildman–Crippen LogP) is 3.89. The fraction of sp³-hybridized carbons (Fsp3) is 0.176. The monoisotopic (exact) mass is 343 g/mol. The van der Waals surface area contributed by atoms with E-state index in [-0.39, 0.29) is 17.0 Å². The molecule has 0 aliphatic carbocycles. The number of hydrogen-bond donors (Lipinski definition) is 2. The van der Waals surface area contributed by atoms with Crippen molar-refractivity contribution in [3.05, 3.63) is 59.2 Å². The third-order valence-electron chi connectivity index (χ3n) is 3.92. The van der Waals surface area contributed by atoms with E-state index in [1.165, 1.54) is 17.8 Å². The number of aryl methyl sites for hydroxylation is 1. The van der Waals surface area contributed by atoms with Crippen LogP contribution in [0.1, 0.15) is 22.3 Å². The number of hydrogen-bond acceptors (Lipinski definition) is 4. The van der Waals surface area contributed by atoms with Gasteiger partial charge < -0.3 is 9.73 Å². The number of aromatic amines is 1. The molecule has 0 radical (unpaired) electrons. The van der Waals surface area contributed by atoms with Gasteiger partial charge in [0.25, 0.3) is 0 Å². The lowest BCUT2D eigenvalue weighted by atomic mass is 10.1. The summed E-state index contributed by atoms with van der Waals surface area (Å²) in [5.41, 5.74) is 2.18. The predicted molar refractivity (Wildman–Crippen MR) is 90.4 cm³/mol. The van der Waals surface area contributed by atoms with E-state index in [1.807, 2.05) is 13.0 Å². The average Bonchev–Trinajstić information content (AvgIpc) is 3.13. The van der Waals surface area contributed by atoms with E-state index in [0.29, 0.717) is 28.7 Å². The van der Waals surface area contributed by atoms with Crippen molar-refractivity contribution >= 4 is 23.5 Å². The van der Waals surface area contributed by atoms with Gasteiger partial charge in [0.1, 0.15) is 17.3 Å². The van der Waals surface area contributed by atoms with Crippen LogP contribution in [0.5, 0.6) is 0 Å². The Morgan fingerprint density at radius 3 is 2.96 bits per heavy atom. The summed E-state index contributed by atoms with van der Waals surface area (Å²) in [6.45, 7) is 1.90. The molecule has 7 heteroatoms. The summed E-state index contributed by atoms with van der Waals surface area (Å²) in [7, 11) is 0. The second kappa shape index (κ2) is 5.83. The summed E-state index contributed by atoms with van der Waals surface area (Å²) in [6.07, 6.45) is 0. The van der Waals surface area contributed by atoms with Gasteiger partial charge in [0.2, 0.25) is 5.91 Å². The summed E-state index contributed by atoms with van der Waals surface area (Å²) >= 11 is 1.46. The number of amides is 1. The molecule has 2 aromatic heterocycles. The zero-order valence-corrected chi connectivity index (χ0v) is 13.6. The Kier molecular flexibility index (Phi) is 3.65. The Hall–Kier alpha value is -2.54. The molecule has 1 aliphatic rings. The van der Waals surface area contributed by atoms with E-state index in [4.69, 9.17) is 4.42 Å². The number of aromatic nitrogens is 2. The van der Waals surface area contributed by atoms with Crippen molar-refractivity contribution in [3.63, 3.8) is 0 Å². The molecule has 122 valence electrons. The largest absolute Gasteiger partial charge is 0.459 e. The van der Waals surface area contributed by atoms with Gasteiger partial charge in [0.05, 0.1) is 16.6 Å². The number of benzene rings is 1. The number of carbonyl (C=O) groups is 1. The number of thioether (sulfide) groups is 1. The molecule has 24 heavy (non-hydrogen) atoms. The van der Waals surface area contributed by atoms with E-state index in [9.17, 15) is 9.18 Å². The minimum atomic E-state index is -0.330. The number of furan rings is 1. The first-order valence-corrected chi connectivity index (χ1v) is 8.49. The van der Waals surface area contributed by atoms with Crippen LogP contribution in [0.2, 0.25) is 0 Å². The molecule has 5 nitrogen and oxygen atoms in total. The highest BCUT2D eigenvalue weighted by molar-refractivity contribution is 8.00. The molecule has 1 aliphatic heterocycles. The van der Waals surface area contributed by atoms with Crippen LogP contribution >= 0.6 is 11.8 Å². The molecule has 0 bridgehead atoms. The lowest BCUT2D eigenvalue weighted by Crippen LogP contribution is -2.12. The van der Waals surface area contributed by atoms with E-state index in [2.05, 4.69) is 15.5 Å². The number of fused-ring (bicyclic) bond motifs is 1. The van der Waals surface area contributed by atoms with Crippen LogP contribution in [0.3, 0.4) is 0 Å². The Labute approximate surface area is 141 Å². The molecule has 0 fully saturated rings. The van der Waals surface area contributed by atoms with E-state index in [1.54, 1.807) is 24.3 Å². The molecule has 4 rings (SSSR count). The Bertz CT molecular complexity index is 918. The van der Waals surface area contributed by atoms with Crippen molar-refractivity contribution in [2.45, 2.75) is 12.2 Å². The lowest BCUT2D eigenvalue weighted by molar-refractivity contribution is -0.113. The van der Waals surface area contributed by atoms with Crippen LogP contribution in [0, 0.1) is 12.7 Å². The van der Waals surface area contributed by atoms with Crippen molar-refractivity contribution in [3.8, 4) is 11.3 Å². The van der Waals surface area contributed by atoms with Crippen molar-refractivity contribution in [2.24, 2.45) is 0 Å². The first kappa shape index (κ1) is 15.0. The van der Waals surface area contributed by atoms with Crippen LogP contribution in [0.15, 0.2) is 40.8 Å². The maximum absolute atomic E-state index is 14.0. The lowest BCUT2D eigenvalue weighted by Gasteiger charge is -2.11. The Balaban J connectivity index is 1.76. The molecule has 0 spiro atoms. The first-order chi connectivity index (χ1) is 11.6. The molecule has 0 saturated carbocycles. The van der Waals surface area contributed by atoms with Crippen LogP contribution in [0.25, 0.3) is 11.3 Å². The topological polar surface area (TPSA) is 70.9 Å².